The summed E-state index contributed by atoms with van der Waals surface area (Å²) < 4.78 is 0.566. The van der Waals surface area contributed by atoms with Crippen LogP contribution in [-0.4, -0.2) is 9.91 Å². The Bertz CT molecular complexity index is 795. The Hall–Kier alpha value is 0.563. The molecule has 26 heavy (non-hydrogen) atoms. The standard InChI is InChI=1S/C11H8BrS.C9H7.2ClH.H2S.Zr/c12-11-10-8(6-13-11)5-7-3-1-2-4-9(7)10;1-2-5-9-7-3-6-8(9)4-1;;;;/h1-2,4-5,10-11H,6H2;1-4,7H,6H2;2*1H;1H2;/q2*-1;;;;+2/p-3. The van der Waals surface area contributed by atoms with Crippen LogP contribution in [0.15, 0.2) is 48.0 Å². The van der Waals surface area contributed by atoms with E-state index < -0.39 is 20.8 Å². The summed E-state index contributed by atoms with van der Waals surface area (Å²) in [5.41, 5.74) is 6.97. The quantitative estimate of drug-likeness (QED) is 0.154. The SMILES string of the molecule is BrC1SCC2=Cc3[c-]cccc3C21.[Cl][Zr][Cl].[SH-].[c-]1cccc2c1C=CC2. The third-order valence-corrected chi connectivity index (χ3v) is 6.67. The number of thioether (sulfide) groups is 1. The molecule has 1 aliphatic heterocycles. The van der Waals surface area contributed by atoms with Crippen molar-refractivity contribution in [2.45, 2.75) is 16.5 Å². The molecule has 2 atom stereocenters. The zero-order valence-corrected chi connectivity index (χ0v) is 21.0. The first kappa shape index (κ1) is 22.8. The third kappa shape index (κ3) is 5.55. The smallest absolute Gasteiger partial charge is 0.0528 e. The molecule has 0 N–H and O–H groups in total. The van der Waals surface area contributed by atoms with Gasteiger partial charge in [-0.15, -0.1) is 106 Å². The van der Waals surface area contributed by atoms with Crippen LogP contribution in [-0.2, 0) is 40.8 Å². The summed E-state index contributed by atoms with van der Waals surface area (Å²) in [7, 11) is 9.87. The molecule has 3 aliphatic rings. The molecule has 1 heterocycles. The topological polar surface area (TPSA) is 0 Å². The van der Waals surface area contributed by atoms with Gasteiger partial charge in [-0.25, -0.2) is 0 Å². The van der Waals surface area contributed by atoms with Crippen molar-refractivity contribution in [1.82, 2.24) is 0 Å². The predicted octanol–water partition coefficient (Wildman–Crippen LogP) is 6.60. The monoisotopic (exact) mass is 559 g/mol. The number of thiol groups is 1. The van der Waals surface area contributed by atoms with Crippen LogP contribution in [0, 0.1) is 12.1 Å². The average molecular weight is 563 g/mol. The van der Waals surface area contributed by atoms with E-state index in [9.17, 15) is 0 Å². The van der Waals surface area contributed by atoms with Crippen molar-refractivity contribution in [1.29, 1.82) is 0 Å². The molecular weight excluding hydrogens is 546 g/mol. The summed E-state index contributed by atoms with van der Waals surface area (Å²) in [5.74, 6) is 1.78. The Morgan fingerprint density at radius 1 is 1.12 bits per heavy atom. The molecule has 0 saturated carbocycles. The van der Waals surface area contributed by atoms with Gasteiger partial charge < -0.3 is 13.5 Å². The van der Waals surface area contributed by atoms with Crippen LogP contribution in [0.3, 0.4) is 0 Å². The zero-order valence-electron chi connectivity index (χ0n) is 13.8. The molecule has 1 saturated heterocycles. The molecule has 0 spiro atoms. The molecule has 0 nitrogen and oxygen atoms in total. The van der Waals surface area contributed by atoms with Gasteiger partial charge in [0, 0.05) is 5.75 Å². The van der Waals surface area contributed by atoms with Gasteiger partial charge in [-0.05, 0) is 5.92 Å². The second-order valence-corrected chi connectivity index (χ2v) is 12.1. The van der Waals surface area contributed by atoms with Crippen LogP contribution in [0.1, 0.15) is 28.2 Å². The number of hydrogen-bond acceptors (Lipinski definition) is 2. The van der Waals surface area contributed by atoms with E-state index in [2.05, 4.69) is 64.5 Å². The minimum absolute atomic E-state index is 0. The minimum atomic E-state index is -0.826. The number of halogens is 3. The number of hydrogen-bond donors (Lipinski definition) is 0. The van der Waals surface area contributed by atoms with E-state index >= 15 is 0 Å². The molecule has 136 valence electrons. The van der Waals surface area contributed by atoms with Crippen molar-refractivity contribution in [2.24, 2.45) is 0 Å². The minimum Gasteiger partial charge on any atom is -0.813 e. The molecule has 2 aromatic carbocycles. The van der Waals surface area contributed by atoms with Crippen LogP contribution in [0.5, 0.6) is 0 Å². The Balaban J connectivity index is 0.000000165. The van der Waals surface area contributed by atoms with Gasteiger partial charge in [0.05, 0.1) is 4.16 Å². The summed E-state index contributed by atoms with van der Waals surface area (Å²) in [6.45, 7) is 0. The Morgan fingerprint density at radius 2 is 1.81 bits per heavy atom. The van der Waals surface area contributed by atoms with E-state index in [-0.39, 0.29) is 13.5 Å². The fraction of sp³-hybridized carbons (Fsp3) is 0.200. The van der Waals surface area contributed by atoms with Crippen LogP contribution in [0.4, 0.5) is 0 Å². The van der Waals surface area contributed by atoms with Gasteiger partial charge in [0.15, 0.2) is 0 Å². The van der Waals surface area contributed by atoms with Crippen LogP contribution >= 0.6 is 44.7 Å². The maximum Gasteiger partial charge on any atom is -0.0528 e. The summed E-state index contributed by atoms with van der Waals surface area (Å²) in [5, 5.41) is 0. The number of fused-ring (bicyclic) bond motifs is 4. The molecule has 0 bridgehead atoms. The number of allylic oxidation sites excluding steroid dienone is 1. The number of benzene rings is 2. The fourth-order valence-corrected chi connectivity index (χ4v) is 5.32. The second-order valence-electron chi connectivity index (χ2n) is 5.69. The Morgan fingerprint density at radius 3 is 2.54 bits per heavy atom. The average Bonchev–Trinajstić information content (AvgIpc) is 3.32. The first-order valence-electron chi connectivity index (χ1n) is 7.83. The van der Waals surface area contributed by atoms with Crippen molar-refractivity contribution in [3.05, 3.63) is 82.4 Å². The van der Waals surface area contributed by atoms with E-state index in [4.69, 9.17) is 17.0 Å². The van der Waals surface area contributed by atoms with Crippen molar-refractivity contribution in [3.8, 4) is 0 Å². The Kier molecular flexibility index (Phi) is 10.1. The summed E-state index contributed by atoms with van der Waals surface area (Å²) >= 11 is 4.89. The fourth-order valence-electron chi connectivity index (χ4n) is 3.17. The normalized spacial score (nSPS) is 20.2. The van der Waals surface area contributed by atoms with Crippen molar-refractivity contribution >= 4 is 70.4 Å². The number of rotatable bonds is 0. The van der Waals surface area contributed by atoms with E-state index in [0.717, 1.165) is 6.42 Å². The maximum absolute atomic E-state index is 4.93. The van der Waals surface area contributed by atoms with Gasteiger partial charge >= 0.3 is 37.9 Å². The van der Waals surface area contributed by atoms with E-state index in [1.54, 1.807) is 5.57 Å². The van der Waals surface area contributed by atoms with Crippen molar-refractivity contribution in [2.75, 3.05) is 5.75 Å². The molecule has 2 aliphatic carbocycles. The summed E-state index contributed by atoms with van der Waals surface area (Å²) in [6, 6.07) is 18.9. The molecule has 6 heteroatoms. The summed E-state index contributed by atoms with van der Waals surface area (Å²) in [4.78, 5) is 0. The first-order chi connectivity index (χ1) is 12.2. The summed E-state index contributed by atoms with van der Waals surface area (Å²) in [6.07, 6.45) is 7.68. The van der Waals surface area contributed by atoms with Crippen molar-refractivity contribution in [3.63, 3.8) is 0 Å². The first-order valence-corrected chi connectivity index (χ1v) is 16.1. The second kappa shape index (κ2) is 11.5. The van der Waals surface area contributed by atoms with Gasteiger partial charge in [0.2, 0.25) is 0 Å². The van der Waals surface area contributed by atoms with E-state index in [0.29, 0.717) is 10.1 Å². The van der Waals surface area contributed by atoms with Crippen LogP contribution in [0.25, 0.3) is 12.2 Å². The third-order valence-electron chi connectivity index (χ3n) is 4.26. The van der Waals surface area contributed by atoms with Crippen molar-refractivity contribution < 1.29 is 20.8 Å². The van der Waals surface area contributed by atoms with Crippen LogP contribution < -0.4 is 0 Å². The molecule has 0 aromatic heterocycles. The number of alkyl halides is 1. The maximum atomic E-state index is 4.93. The largest absolute Gasteiger partial charge is 0.813 e. The van der Waals surface area contributed by atoms with E-state index in [1.807, 2.05) is 30.0 Å². The molecular formula is C20H16BrCl2S2Zr-3. The molecule has 2 unspecified atom stereocenters. The van der Waals surface area contributed by atoms with Gasteiger partial charge in [-0.2, -0.15) is 0 Å². The molecule has 0 radical (unpaired) electrons. The molecule has 2 aromatic rings. The zero-order chi connectivity index (χ0) is 17.6. The van der Waals surface area contributed by atoms with Gasteiger partial charge in [-0.1, -0.05) is 22.4 Å². The molecule has 0 amide bonds. The molecule has 5 rings (SSSR count). The predicted molar refractivity (Wildman–Crippen MR) is 120 cm³/mol. The van der Waals surface area contributed by atoms with Gasteiger partial charge in [0.25, 0.3) is 0 Å². The van der Waals surface area contributed by atoms with E-state index in [1.165, 1.54) is 28.0 Å². The molecule has 1 fully saturated rings. The van der Waals surface area contributed by atoms with Crippen LogP contribution in [0.2, 0.25) is 0 Å². The van der Waals surface area contributed by atoms with Gasteiger partial charge in [0.1, 0.15) is 0 Å². The van der Waals surface area contributed by atoms with Gasteiger partial charge in [-0.3, -0.25) is 0 Å². The Labute approximate surface area is 194 Å².